The number of ether oxygens (including phenoxy) is 1. The molecule has 1 saturated heterocycles. The molecule has 2 heterocycles. The zero-order valence-electron chi connectivity index (χ0n) is 9.60. The van der Waals surface area contributed by atoms with Crippen molar-refractivity contribution in [1.82, 2.24) is 4.98 Å². The summed E-state index contributed by atoms with van der Waals surface area (Å²) in [5.41, 5.74) is 0. The number of anilines is 1. The van der Waals surface area contributed by atoms with Crippen LogP contribution in [-0.2, 0) is 4.74 Å². The molecule has 1 aliphatic heterocycles. The number of aliphatic hydroxyl groups excluding tert-OH is 1. The molecule has 1 atom stereocenters. The Morgan fingerprint density at radius 3 is 2.88 bits per heavy atom. The minimum absolute atomic E-state index is 0.329. The highest BCUT2D eigenvalue weighted by Crippen LogP contribution is 2.19. The molecule has 0 saturated carbocycles. The molecule has 0 amide bonds. The van der Waals surface area contributed by atoms with E-state index in [2.05, 4.69) is 26.2 Å². The fraction of sp³-hybridized carbons (Fsp3) is 0.583. The second-order valence-electron chi connectivity index (χ2n) is 4.26. The molecule has 1 fully saturated rings. The molecule has 0 unspecified atom stereocenters. The smallest absolute Gasteiger partial charge is 0.126 e. The Labute approximate surface area is 110 Å². The maximum atomic E-state index is 10.0. The molecule has 1 aliphatic rings. The molecule has 2 N–H and O–H groups in total. The third-order valence-corrected chi connectivity index (χ3v) is 3.50. The molecule has 1 aromatic rings. The Kier molecular flexibility index (Phi) is 4.76. The van der Waals surface area contributed by atoms with Crippen LogP contribution in [0.3, 0.4) is 0 Å². The second-order valence-corrected chi connectivity index (χ2v) is 5.18. The van der Waals surface area contributed by atoms with E-state index in [1.54, 1.807) is 6.20 Å². The predicted octanol–water partition coefficient (Wildman–Crippen LogP) is 2.04. The van der Waals surface area contributed by atoms with Crippen LogP contribution in [0.2, 0.25) is 0 Å². The first-order chi connectivity index (χ1) is 8.25. The van der Waals surface area contributed by atoms with E-state index in [-0.39, 0.29) is 6.10 Å². The predicted molar refractivity (Wildman–Crippen MR) is 70.0 cm³/mol. The van der Waals surface area contributed by atoms with Gasteiger partial charge < -0.3 is 15.2 Å². The Balaban J connectivity index is 1.78. The van der Waals surface area contributed by atoms with Crippen LogP contribution in [0.1, 0.15) is 12.8 Å². The number of aliphatic hydroxyl groups is 1. The van der Waals surface area contributed by atoms with Gasteiger partial charge in [0.2, 0.25) is 0 Å². The number of nitrogens with one attached hydrogen (secondary N) is 1. The Morgan fingerprint density at radius 1 is 1.47 bits per heavy atom. The minimum Gasteiger partial charge on any atom is -0.391 e. The molecule has 0 spiro atoms. The van der Waals surface area contributed by atoms with Gasteiger partial charge in [0.05, 0.1) is 6.10 Å². The number of aromatic nitrogens is 1. The van der Waals surface area contributed by atoms with Gasteiger partial charge in [-0.1, -0.05) is 0 Å². The SMILES string of the molecule is O[C@@H](CNc1ccc(Br)cn1)C1CCOCC1. The molecule has 4 nitrogen and oxygen atoms in total. The first-order valence-electron chi connectivity index (χ1n) is 5.87. The fourth-order valence-corrected chi connectivity index (χ4v) is 2.19. The minimum atomic E-state index is -0.329. The summed E-state index contributed by atoms with van der Waals surface area (Å²) in [6, 6.07) is 3.82. The molecule has 1 aromatic heterocycles. The highest BCUT2D eigenvalue weighted by molar-refractivity contribution is 9.10. The van der Waals surface area contributed by atoms with Crippen LogP contribution in [0.5, 0.6) is 0 Å². The summed E-state index contributed by atoms with van der Waals surface area (Å²) < 4.78 is 6.23. The van der Waals surface area contributed by atoms with Crippen molar-refractivity contribution in [1.29, 1.82) is 0 Å². The standard InChI is InChI=1S/C12H17BrN2O2/c13-10-1-2-12(14-7-10)15-8-11(16)9-3-5-17-6-4-9/h1-2,7,9,11,16H,3-6,8H2,(H,14,15)/t11-/m0/s1. The summed E-state index contributed by atoms with van der Waals surface area (Å²) in [6.07, 6.45) is 3.29. The van der Waals surface area contributed by atoms with Gasteiger partial charge in [0, 0.05) is 30.4 Å². The molecular weight excluding hydrogens is 284 g/mol. The molecule has 0 aromatic carbocycles. The number of pyridine rings is 1. The van der Waals surface area contributed by atoms with Crippen LogP contribution in [0.25, 0.3) is 0 Å². The highest BCUT2D eigenvalue weighted by atomic mass is 79.9. The molecule has 0 bridgehead atoms. The van der Waals surface area contributed by atoms with Gasteiger partial charge in [0.1, 0.15) is 5.82 Å². The van der Waals surface area contributed by atoms with E-state index in [1.165, 1.54) is 0 Å². The van der Waals surface area contributed by atoms with Crippen molar-refractivity contribution in [2.24, 2.45) is 5.92 Å². The zero-order chi connectivity index (χ0) is 12.1. The van der Waals surface area contributed by atoms with Gasteiger partial charge in [0.15, 0.2) is 0 Å². The monoisotopic (exact) mass is 300 g/mol. The van der Waals surface area contributed by atoms with Gasteiger partial charge in [0.25, 0.3) is 0 Å². The summed E-state index contributed by atoms with van der Waals surface area (Å²) >= 11 is 3.33. The molecule has 0 radical (unpaired) electrons. The van der Waals surface area contributed by atoms with Crippen LogP contribution < -0.4 is 5.32 Å². The lowest BCUT2D eigenvalue weighted by molar-refractivity contribution is 0.0131. The van der Waals surface area contributed by atoms with Crippen molar-refractivity contribution in [3.05, 3.63) is 22.8 Å². The quantitative estimate of drug-likeness (QED) is 0.893. The van der Waals surface area contributed by atoms with E-state index >= 15 is 0 Å². The highest BCUT2D eigenvalue weighted by Gasteiger charge is 2.21. The van der Waals surface area contributed by atoms with E-state index in [0.29, 0.717) is 12.5 Å². The molecule has 5 heteroatoms. The number of halogens is 1. The summed E-state index contributed by atoms with van der Waals surface area (Å²) in [5.74, 6) is 1.13. The average Bonchev–Trinajstić information content (AvgIpc) is 2.39. The van der Waals surface area contributed by atoms with Crippen LogP contribution in [-0.4, -0.2) is 36.0 Å². The first kappa shape index (κ1) is 12.8. The Hall–Kier alpha value is -0.650. The van der Waals surface area contributed by atoms with Crippen molar-refractivity contribution in [3.63, 3.8) is 0 Å². The molecule has 17 heavy (non-hydrogen) atoms. The number of rotatable bonds is 4. The largest absolute Gasteiger partial charge is 0.391 e. The third-order valence-electron chi connectivity index (χ3n) is 3.03. The van der Waals surface area contributed by atoms with E-state index in [1.807, 2.05) is 12.1 Å². The van der Waals surface area contributed by atoms with Gasteiger partial charge in [-0.15, -0.1) is 0 Å². The van der Waals surface area contributed by atoms with E-state index in [9.17, 15) is 5.11 Å². The van der Waals surface area contributed by atoms with Gasteiger partial charge in [-0.2, -0.15) is 0 Å². The van der Waals surface area contributed by atoms with Crippen LogP contribution >= 0.6 is 15.9 Å². The van der Waals surface area contributed by atoms with Crippen molar-refractivity contribution in [3.8, 4) is 0 Å². The van der Waals surface area contributed by atoms with Gasteiger partial charge in [-0.05, 0) is 46.8 Å². The Bertz CT molecular complexity index is 339. The maximum absolute atomic E-state index is 10.0. The van der Waals surface area contributed by atoms with E-state index in [4.69, 9.17) is 4.74 Å². The number of nitrogens with zero attached hydrogens (tertiary/aromatic N) is 1. The van der Waals surface area contributed by atoms with Crippen molar-refractivity contribution in [2.45, 2.75) is 18.9 Å². The first-order valence-corrected chi connectivity index (χ1v) is 6.66. The summed E-state index contributed by atoms with van der Waals surface area (Å²) in [6.45, 7) is 2.07. The van der Waals surface area contributed by atoms with Crippen LogP contribution in [0.15, 0.2) is 22.8 Å². The second kappa shape index (κ2) is 6.33. The van der Waals surface area contributed by atoms with Gasteiger partial charge in [-0.25, -0.2) is 4.98 Å². The van der Waals surface area contributed by atoms with Gasteiger partial charge in [-0.3, -0.25) is 0 Å². The third kappa shape index (κ3) is 3.94. The fourth-order valence-electron chi connectivity index (χ4n) is 1.96. The van der Waals surface area contributed by atoms with Gasteiger partial charge >= 0.3 is 0 Å². The van der Waals surface area contributed by atoms with Crippen molar-refractivity contribution in [2.75, 3.05) is 25.1 Å². The lowest BCUT2D eigenvalue weighted by atomic mass is 9.94. The molecule has 2 rings (SSSR count). The normalized spacial score (nSPS) is 18.9. The molecule has 0 aliphatic carbocycles. The summed E-state index contributed by atoms with van der Waals surface area (Å²) in [7, 11) is 0. The summed E-state index contributed by atoms with van der Waals surface area (Å²) in [5, 5.41) is 13.2. The average molecular weight is 301 g/mol. The van der Waals surface area contributed by atoms with Crippen LogP contribution in [0, 0.1) is 5.92 Å². The molecule has 94 valence electrons. The van der Waals surface area contributed by atoms with Crippen molar-refractivity contribution < 1.29 is 9.84 Å². The Morgan fingerprint density at radius 2 is 2.24 bits per heavy atom. The molecular formula is C12H17BrN2O2. The van der Waals surface area contributed by atoms with E-state index < -0.39 is 0 Å². The van der Waals surface area contributed by atoms with Crippen LogP contribution in [0.4, 0.5) is 5.82 Å². The zero-order valence-corrected chi connectivity index (χ0v) is 11.2. The number of hydrogen-bond donors (Lipinski definition) is 2. The lowest BCUT2D eigenvalue weighted by Crippen LogP contribution is -2.32. The van der Waals surface area contributed by atoms with Crippen molar-refractivity contribution >= 4 is 21.7 Å². The summed E-state index contributed by atoms with van der Waals surface area (Å²) in [4.78, 5) is 4.20. The number of hydrogen-bond acceptors (Lipinski definition) is 4. The maximum Gasteiger partial charge on any atom is 0.126 e. The lowest BCUT2D eigenvalue weighted by Gasteiger charge is -2.26. The topological polar surface area (TPSA) is 54.4 Å². The van der Waals surface area contributed by atoms with E-state index in [0.717, 1.165) is 36.3 Å².